The van der Waals surface area contributed by atoms with Crippen LogP contribution in [0, 0.1) is 5.92 Å². The van der Waals surface area contributed by atoms with Crippen LogP contribution in [-0.4, -0.2) is 42.5 Å². The van der Waals surface area contributed by atoms with Crippen molar-refractivity contribution in [1.29, 1.82) is 0 Å². The van der Waals surface area contributed by atoms with E-state index in [0.29, 0.717) is 19.1 Å². The molecule has 2 fully saturated rings. The van der Waals surface area contributed by atoms with Gasteiger partial charge in [0.25, 0.3) is 0 Å². The lowest BCUT2D eigenvalue weighted by Crippen LogP contribution is -2.54. The number of piperazine rings is 1. The van der Waals surface area contributed by atoms with Crippen LogP contribution >= 0.6 is 0 Å². The third kappa shape index (κ3) is 4.39. The van der Waals surface area contributed by atoms with Gasteiger partial charge in [0.05, 0.1) is 0 Å². The minimum atomic E-state index is -0.0724. The lowest BCUT2D eigenvalue weighted by Gasteiger charge is -2.32. The first-order valence-electron chi connectivity index (χ1n) is 8.01. The molecule has 5 heteroatoms. The molecule has 1 saturated heterocycles. The Kier molecular flexibility index (Phi) is 5.68. The van der Waals surface area contributed by atoms with Crippen molar-refractivity contribution in [2.45, 2.75) is 57.9 Å². The maximum Gasteiger partial charge on any atom is 0.318 e. The van der Waals surface area contributed by atoms with E-state index in [1.807, 2.05) is 0 Å². The third-order valence-electron chi connectivity index (χ3n) is 4.47. The standard InChI is InChI=1S/C15H27N3O2/c1-2-3-4-12-5-7-13(8-6-12)17-15(20)18-10-9-16-14(19)11-18/h12-13H,2-11H2,1H3,(H,16,19)(H,17,20). The highest BCUT2D eigenvalue weighted by molar-refractivity contribution is 5.85. The van der Waals surface area contributed by atoms with Gasteiger partial charge in [-0.05, 0) is 31.6 Å². The van der Waals surface area contributed by atoms with Crippen molar-refractivity contribution in [3.63, 3.8) is 0 Å². The smallest absolute Gasteiger partial charge is 0.318 e. The predicted molar refractivity (Wildman–Crippen MR) is 78.4 cm³/mol. The molecule has 20 heavy (non-hydrogen) atoms. The van der Waals surface area contributed by atoms with Crippen molar-refractivity contribution in [2.75, 3.05) is 19.6 Å². The number of hydrogen-bond donors (Lipinski definition) is 2. The van der Waals surface area contributed by atoms with Gasteiger partial charge in [-0.2, -0.15) is 0 Å². The van der Waals surface area contributed by atoms with Crippen molar-refractivity contribution in [3.8, 4) is 0 Å². The van der Waals surface area contributed by atoms with Crippen LogP contribution in [0.25, 0.3) is 0 Å². The first kappa shape index (κ1) is 15.1. The summed E-state index contributed by atoms with van der Waals surface area (Å²) in [6.45, 7) is 3.61. The van der Waals surface area contributed by atoms with Gasteiger partial charge in [0, 0.05) is 19.1 Å². The highest BCUT2D eigenvalue weighted by Crippen LogP contribution is 2.28. The molecule has 0 radical (unpaired) electrons. The molecule has 1 heterocycles. The Morgan fingerprint density at radius 2 is 2.10 bits per heavy atom. The Labute approximate surface area is 121 Å². The number of hydrogen-bond acceptors (Lipinski definition) is 2. The van der Waals surface area contributed by atoms with E-state index in [1.54, 1.807) is 4.90 Å². The second-order valence-electron chi connectivity index (χ2n) is 6.08. The van der Waals surface area contributed by atoms with E-state index in [1.165, 1.54) is 32.1 Å². The quantitative estimate of drug-likeness (QED) is 0.826. The average molecular weight is 281 g/mol. The normalized spacial score (nSPS) is 27.1. The van der Waals surface area contributed by atoms with Crippen LogP contribution < -0.4 is 10.6 Å². The minimum absolute atomic E-state index is 0.0605. The maximum atomic E-state index is 12.1. The number of unbranched alkanes of at least 4 members (excludes halogenated alkanes) is 1. The van der Waals surface area contributed by atoms with E-state index in [4.69, 9.17) is 0 Å². The molecule has 114 valence electrons. The number of nitrogens with one attached hydrogen (secondary N) is 2. The highest BCUT2D eigenvalue weighted by Gasteiger charge is 2.26. The van der Waals surface area contributed by atoms with Gasteiger partial charge < -0.3 is 15.5 Å². The van der Waals surface area contributed by atoms with Gasteiger partial charge in [0.15, 0.2) is 0 Å². The summed E-state index contributed by atoms with van der Waals surface area (Å²) in [5.41, 5.74) is 0. The van der Waals surface area contributed by atoms with Crippen molar-refractivity contribution < 1.29 is 9.59 Å². The summed E-state index contributed by atoms with van der Waals surface area (Å²) in [6.07, 6.45) is 8.55. The summed E-state index contributed by atoms with van der Waals surface area (Å²) in [4.78, 5) is 25.0. The minimum Gasteiger partial charge on any atom is -0.353 e. The SMILES string of the molecule is CCCCC1CCC(NC(=O)N2CCNC(=O)C2)CC1. The van der Waals surface area contributed by atoms with E-state index in [0.717, 1.165) is 18.8 Å². The van der Waals surface area contributed by atoms with Crippen molar-refractivity contribution in [1.82, 2.24) is 15.5 Å². The second kappa shape index (κ2) is 7.50. The molecule has 2 aliphatic rings. The zero-order chi connectivity index (χ0) is 14.4. The molecule has 0 aromatic carbocycles. The van der Waals surface area contributed by atoms with Crippen LogP contribution in [-0.2, 0) is 4.79 Å². The van der Waals surface area contributed by atoms with Gasteiger partial charge in [0.1, 0.15) is 6.54 Å². The van der Waals surface area contributed by atoms with Crippen LogP contribution in [0.15, 0.2) is 0 Å². The van der Waals surface area contributed by atoms with Crippen molar-refractivity contribution >= 4 is 11.9 Å². The lowest BCUT2D eigenvalue weighted by molar-refractivity contribution is -0.123. The van der Waals surface area contributed by atoms with Crippen LogP contribution in [0.1, 0.15) is 51.9 Å². The lowest BCUT2D eigenvalue weighted by atomic mass is 9.83. The monoisotopic (exact) mass is 281 g/mol. The fourth-order valence-corrected chi connectivity index (χ4v) is 3.17. The van der Waals surface area contributed by atoms with E-state index in [9.17, 15) is 9.59 Å². The van der Waals surface area contributed by atoms with E-state index in [2.05, 4.69) is 17.6 Å². The molecule has 2 N–H and O–H groups in total. The average Bonchev–Trinajstić information content (AvgIpc) is 2.46. The topological polar surface area (TPSA) is 61.4 Å². The fourth-order valence-electron chi connectivity index (χ4n) is 3.17. The second-order valence-corrected chi connectivity index (χ2v) is 6.08. The molecule has 1 aliphatic carbocycles. The summed E-state index contributed by atoms with van der Waals surface area (Å²) < 4.78 is 0. The summed E-state index contributed by atoms with van der Waals surface area (Å²) in [6, 6.07) is 0.224. The first-order valence-corrected chi connectivity index (χ1v) is 8.01. The molecule has 2 rings (SSSR count). The van der Waals surface area contributed by atoms with Gasteiger partial charge in [0.2, 0.25) is 5.91 Å². The third-order valence-corrected chi connectivity index (χ3v) is 4.47. The molecule has 5 nitrogen and oxygen atoms in total. The van der Waals surface area contributed by atoms with Crippen LogP contribution in [0.4, 0.5) is 4.79 Å². The summed E-state index contributed by atoms with van der Waals surface area (Å²) in [7, 11) is 0. The molecule has 0 aromatic heterocycles. The van der Waals surface area contributed by atoms with Crippen LogP contribution in [0.5, 0.6) is 0 Å². The number of carbonyl (C=O) groups is 2. The van der Waals surface area contributed by atoms with Gasteiger partial charge >= 0.3 is 6.03 Å². The van der Waals surface area contributed by atoms with E-state index < -0.39 is 0 Å². The number of rotatable bonds is 4. The maximum absolute atomic E-state index is 12.1. The molecular formula is C15H27N3O2. The number of nitrogens with zero attached hydrogens (tertiary/aromatic N) is 1. The Hall–Kier alpha value is -1.26. The van der Waals surface area contributed by atoms with Crippen LogP contribution in [0.3, 0.4) is 0 Å². The molecule has 0 unspecified atom stereocenters. The van der Waals surface area contributed by atoms with Gasteiger partial charge in [-0.25, -0.2) is 4.79 Å². The van der Waals surface area contributed by atoms with Crippen LogP contribution in [0.2, 0.25) is 0 Å². The van der Waals surface area contributed by atoms with Crippen molar-refractivity contribution in [3.05, 3.63) is 0 Å². The van der Waals surface area contributed by atoms with Gasteiger partial charge in [-0.1, -0.05) is 26.2 Å². The van der Waals surface area contributed by atoms with E-state index in [-0.39, 0.29) is 18.5 Å². The molecule has 1 aliphatic heterocycles. The molecule has 0 atom stereocenters. The van der Waals surface area contributed by atoms with Crippen molar-refractivity contribution in [2.24, 2.45) is 5.92 Å². The fraction of sp³-hybridized carbons (Fsp3) is 0.867. The Morgan fingerprint density at radius 3 is 2.75 bits per heavy atom. The zero-order valence-corrected chi connectivity index (χ0v) is 12.5. The molecule has 1 saturated carbocycles. The predicted octanol–water partition coefficient (Wildman–Crippen LogP) is 1.88. The first-order chi connectivity index (χ1) is 9.69. The summed E-state index contributed by atoms with van der Waals surface area (Å²) in [5, 5.41) is 5.83. The zero-order valence-electron chi connectivity index (χ0n) is 12.5. The Balaban J connectivity index is 1.69. The summed E-state index contributed by atoms with van der Waals surface area (Å²) in [5.74, 6) is 0.790. The molecule has 0 spiro atoms. The Bertz CT molecular complexity index is 338. The highest BCUT2D eigenvalue weighted by atomic mass is 16.2. The Morgan fingerprint density at radius 1 is 1.35 bits per heavy atom. The molecule has 3 amide bonds. The van der Waals surface area contributed by atoms with E-state index >= 15 is 0 Å². The number of urea groups is 1. The molecular weight excluding hydrogens is 254 g/mol. The molecule has 0 bridgehead atoms. The number of carbonyl (C=O) groups excluding carboxylic acids is 2. The summed E-state index contributed by atoms with van der Waals surface area (Å²) >= 11 is 0. The van der Waals surface area contributed by atoms with Gasteiger partial charge in [-0.15, -0.1) is 0 Å². The number of amides is 3. The molecule has 0 aromatic rings. The largest absolute Gasteiger partial charge is 0.353 e. The van der Waals surface area contributed by atoms with Gasteiger partial charge in [-0.3, -0.25) is 4.79 Å².